The SMILES string of the molecule is CCC(=O)N[C@H](c1ccccc1)c1nnc(N2CCCC2)o1. The standard InChI is InChI=1S/C16H20N4O2/c1-2-13(21)17-14(12-8-4-3-5-9-12)15-18-19-16(22-15)20-10-6-7-11-20/h3-5,8-9,14H,2,6-7,10-11H2,1H3,(H,17,21)/t14-/m1/s1. The van der Waals surface area contributed by atoms with E-state index in [-0.39, 0.29) is 5.91 Å². The van der Waals surface area contributed by atoms with Gasteiger partial charge in [0.05, 0.1) is 0 Å². The van der Waals surface area contributed by atoms with Crippen molar-refractivity contribution in [3.05, 3.63) is 41.8 Å². The minimum absolute atomic E-state index is 0.0465. The van der Waals surface area contributed by atoms with Crippen LogP contribution in [0.4, 0.5) is 6.01 Å². The lowest BCUT2D eigenvalue weighted by Gasteiger charge is -2.15. The first-order valence-corrected chi connectivity index (χ1v) is 7.70. The maximum absolute atomic E-state index is 11.8. The monoisotopic (exact) mass is 300 g/mol. The van der Waals surface area contributed by atoms with E-state index in [1.807, 2.05) is 37.3 Å². The molecule has 6 nitrogen and oxygen atoms in total. The molecule has 116 valence electrons. The summed E-state index contributed by atoms with van der Waals surface area (Å²) in [5.41, 5.74) is 0.931. The molecule has 1 aliphatic heterocycles. The smallest absolute Gasteiger partial charge is 0.318 e. The molecule has 1 saturated heterocycles. The Hall–Kier alpha value is -2.37. The van der Waals surface area contributed by atoms with E-state index in [1.165, 1.54) is 0 Å². The van der Waals surface area contributed by atoms with Gasteiger partial charge in [0.1, 0.15) is 6.04 Å². The fourth-order valence-corrected chi connectivity index (χ4v) is 2.58. The number of carbonyl (C=O) groups is 1. The Balaban J connectivity index is 1.86. The third kappa shape index (κ3) is 3.10. The molecule has 1 aliphatic rings. The fourth-order valence-electron chi connectivity index (χ4n) is 2.58. The van der Waals surface area contributed by atoms with Crippen molar-refractivity contribution in [1.82, 2.24) is 15.5 Å². The highest BCUT2D eigenvalue weighted by molar-refractivity contribution is 5.76. The number of hydrogen-bond acceptors (Lipinski definition) is 5. The zero-order valence-corrected chi connectivity index (χ0v) is 12.7. The minimum atomic E-state index is -0.405. The number of carbonyl (C=O) groups excluding carboxylic acids is 1. The van der Waals surface area contributed by atoms with E-state index in [9.17, 15) is 4.79 Å². The van der Waals surface area contributed by atoms with E-state index in [4.69, 9.17) is 4.42 Å². The van der Waals surface area contributed by atoms with Gasteiger partial charge in [-0.05, 0) is 18.4 Å². The van der Waals surface area contributed by atoms with Gasteiger partial charge in [-0.15, -0.1) is 5.10 Å². The molecule has 1 N–H and O–H groups in total. The summed E-state index contributed by atoms with van der Waals surface area (Å²) in [6.07, 6.45) is 2.70. The fraction of sp³-hybridized carbons (Fsp3) is 0.438. The van der Waals surface area contributed by atoms with E-state index >= 15 is 0 Å². The van der Waals surface area contributed by atoms with E-state index < -0.39 is 6.04 Å². The first-order chi connectivity index (χ1) is 10.8. The Morgan fingerprint density at radius 1 is 1.27 bits per heavy atom. The van der Waals surface area contributed by atoms with Crippen molar-refractivity contribution in [3.63, 3.8) is 0 Å². The van der Waals surface area contributed by atoms with Gasteiger partial charge in [0.2, 0.25) is 11.8 Å². The molecule has 3 rings (SSSR count). The molecule has 0 saturated carbocycles. The Morgan fingerprint density at radius 2 is 2.00 bits per heavy atom. The minimum Gasteiger partial charge on any atom is -0.405 e. The molecule has 1 amide bonds. The molecule has 1 aromatic heterocycles. The molecule has 0 spiro atoms. The van der Waals surface area contributed by atoms with Gasteiger partial charge >= 0.3 is 6.01 Å². The molecule has 1 fully saturated rings. The van der Waals surface area contributed by atoms with Crippen LogP contribution < -0.4 is 10.2 Å². The number of aromatic nitrogens is 2. The number of nitrogens with zero attached hydrogens (tertiary/aromatic N) is 3. The maximum atomic E-state index is 11.8. The second kappa shape index (κ2) is 6.60. The molecule has 22 heavy (non-hydrogen) atoms. The largest absolute Gasteiger partial charge is 0.405 e. The molecular weight excluding hydrogens is 280 g/mol. The van der Waals surface area contributed by atoms with Crippen molar-refractivity contribution >= 4 is 11.9 Å². The molecular formula is C16H20N4O2. The molecule has 2 aromatic rings. The molecule has 1 aromatic carbocycles. The van der Waals surface area contributed by atoms with Gasteiger partial charge < -0.3 is 14.6 Å². The Bertz CT molecular complexity index is 620. The van der Waals surface area contributed by atoms with Crippen LogP contribution in [0.2, 0.25) is 0 Å². The highest BCUT2D eigenvalue weighted by atomic mass is 16.4. The molecule has 0 bridgehead atoms. The van der Waals surface area contributed by atoms with Crippen LogP contribution >= 0.6 is 0 Å². The van der Waals surface area contributed by atoms with E-state index in [1.54, 1.807) is 0 Å². The van der Waals surface area contributed by atoms with Gasteiger partial charge in [0, 0.05) is 19.5 Å². The van der Waals surface area contributed by atoms with Crippen LogP contribution in [-0.4, -0.2) is 29.2 Å². The average molecular weight is 300 g/mol. The van der Waals surface area contributed by atoms with E-state index in [0.717, 1.165) is 31.5 Å². The van der Waals surface area contributed by atoms with Crippen molar-refractivity contribution in [2.24, 2.45) is 0 Å². The van der Waals surface area contributed by atoms with Gasteiger partial charge in [0.15, 0.2) is 0 Å². The zero-order chi connectivity index (χ0) is 15.4. The normalized spacial score (nSPS) is 15.8. The predicted molar refractivity (Wildman–Crippen MR) is 82.5 cm³/mol. The summed E-state index contributed by atoms with van der Waals surface area (Å²) in [4.78, 5) is 13.9. The second-order valence-electron chi connectivity index (χ2n) is 5.38. The highest BCUT2D eigenvalue weighted by Gasteiger charge is 2.25. The van der Waals surface area contributed by atoms with Gasteiger partial charge in [-0.2, -0.15) is 0 Å². The number of benzene rings is 1. The predicted octanol–water partition coefficient (Wildman–Crippen LogP) is 2.29. The summed E-state index contributed by atoms with van der Waals surface area (Å²) < 4.78 is 5.82. The summed E-state index contributed by atoms with van der Waals surface area (Å²) in [5.74, 6) is 0.379. The van der Waals surface area contributed by atoms with E-state index in [0.29, 0.717) is 18.3 Å². The first kappa shape index (κ1) is 14.6. The summed E-state index contributed by atoms with van der Waals surface area (Å²) in [5, 5.41) is 11.2. The number of anilines is 1. The van der Waals surface area contributed by atoms with Gasteiger partial charge in [0.25, 0.3) is 0 Å². The highest BCUT2D eigenvalue weighted by Crippen LogP contribution is 2.25. The van der Waals surface area contributed by atoms with Crippen LogP contribution in [0.3, 0.4) is 0 Å². The lowest BCUT2D eigenvalue weighted by molar-refractivity contribution is -0.121. The number of nitrogens with one attached hydrogen (secondary N) is 1. The summed E-state index contributed by atoms with van der Waals surface area (Å²) >= 11 is 0. The van der Waals surface area contributed by atoms with Gasteiger partial charge in [-0.25, -0.2) is 0 Å². The van der Waals surface area contributed by atoms with Crippen LogP contribution in [-0.2, 0) is 4.79 Å². The Morgan fingerprint density at radius 3 is 2.68 bits per heavy atom. The van der Waals surface area contributed by atoms with Crippen LogP contribution in [0.5, 0.6) is 0 Å². The number of rotatable bonds is 5. The van der Waals surface area contributed by atoms with Crippen LogP contribution in [0.1, 0.15) is 43.7 Å². The zero-order valence-electron chi connectivity index (χ0n) is 12.7. The number of hydrogen-bond donors (Lipinski definition) is 1. The number of amides is 1. The van der Waals surface area contributed by atoms with Crippen molar-refractivity contribution in [1.29, 1.82) is 0 Å². The third-order valence-electron chi connectivity index (χ3n) is 3.81. The molecule has 0 unspecified atom stereocenters. The third-order valence-corrected chi connectivity index (χ3v) is 3.81. The van der Waals surface area contributed by atoms with Crippen molar-refractivity contribution in [3.8, 4) is 0 Å². The van der Waals surface area contributed by atoms with Gasteiger partial charge in [-0.3, -0.25) is 4.79 Å². The van der Waals surface area contributed by atoms with E-state index in [2.05, 4.69) is 20.4 Å². The second-order valence-corrected chi connectivity index (χ2v) is 5.38. The molecule has 0 radical (unpaired) electrons. The lowest BCUT2D eigenvalue weighted by Crippen LogP contribution is -2.28. The summed E-state index contributed by atoms with van der Waals surface area (Å²) in [7, 11) is 0. The first-order valence-electron chi connectivity index (χ1n) is 7.70. The van der Waals surface area contributed by atoms with Crippen LogP contribution in [0.15, 0.2) is 34.7 Å². The molecule has 2 heterocycles. The van der Waals surface area contributed by atoms with Crippen molar-refractivity contribution in [2.75, 3.05) is 18.0 Å². The summed E-state index contributed by atoms with van der Waals surface area (Å²) in [6.45, 7) is 3.71. The van der Waals surface area contributed by atoms with Crippen LogP contribution in [0.25, 0.3) is 0 Å². The maximum Gasteiger partial charge on any atom is 0.318 e. The molecule has 6 heteroatoms. The lowest BCUT2D eigenvalue weighted by atomic mass is 10.1. The van der Waals surface area contributed by atoms with Crippen LogP contribution in [0, 0.1) is 0 Å². The quantitative estimate of drug-likeness (QED) is 0.917. The molecule has 1 atom stereocenters. The van der Waals surface area contributed by atoms with Crippen molar-refractivity contribution < 1.29 is 9.21 Å². The Labute approximate surface area is 129 Å². The average Bonchev–Trinajstić information content (AvgIpc) is 3.24. The topological polar surface area (TPSA) is 71.3 Å². The summed E-state index contributed by atoms with van der Waals surface area (Å²) in [6, 6.07) is 9.82. The van der Waals surface area contributed by atoms with Crippen molar-refractivity contribution in [2.45, 2.75) is 32.2 Å². The molecule has 0 aliphatic carbocycles. The van der Waals surface area contributed by atoms with Gasteiger partial charge in [-0.1, -0.05) is 42.4 Å². The Kier molecular flexibility index (Phi) is 4.37.